The molecule has 19 heavy (non-hydrogen) atoms. The minimum Gasteiger partial charge on any atom is -0.207 e. The van der Waals surface area contributed by atoms with E-state index in [1.54, 1.807) is 4.31 Å². The molecular weight excluding hydrogens is 333 g/mol. The molecule has 0 saturated heterocycles. The highest BCUT2D eigenvalue weighted by molar-refractivity contribution is 9.10. The molecule has 6 heteroatoms. The number of halogens is 2. The Hall–Kier alpha value is -0.460. The van der Waals surface area contributed by atoms with Crippen molar-refractivity contribution >= 4 is 26.0 Å². The Morgan fingerprint density at radius 2 is 2.05 bits per heavy atom. The molecule has 1 aliphatic carbocycles. The third-order valence-electron chi connectivity index (χ3n) is 2.98. The summed E-state index contributed by atoms with van der Waals surface area (Å²) in [6.45, 7) is 4.48. The largest absolute Gasteiger partial charge is 0.244 e. The predicted octanol–water partition coefficient (Wildman–Crippen LogP) is 3.40. The fourth-order valence-electron chi connectivity index (χ4n) is 1.98. The average Bonchev–Trinajstić information content (AvgIpc) is 3.08. The summed E-state index contributed by atoms with van der Waals surface area (Å²) < 4.78 is 40.2. The summed E-state index contributed by atoms with van der Waals surface area (Å²) in [7, 11) is -3.56. The minimum atomic E-state index is -3.56. The predicted molar refractivity (Wildman–Crippen MR) is 75.9 cm³/mol. The Balaban J connectivity index is 2.38. The molecule has 1 fully saturated rings. The van der Waals surface area contributed by atoms with Gasteiger partial charge in [-0.2, -0.15) is 4.31 Å². The van der Waals surface area contributed by atoms with Gasteiger partial charge in [0.2, 0.25) is 10.0 Å². The lowest BCUT2D eigenvalue weighted by Gasteiger charge is -2.24. The van der Waals surface area contributed by atoms with Crippen LogP contribution in [0.4, 0.5) is 4.39 Å². The first-order chi connectivity index (χ1) is 8.82. The number of hydrogen-bond donors (Lipinski definition) is 0. The molecule has 0 unspecified atom stereocenters. The van der Waals surface area contributed by atoms with Crippen molar-refractivity contribution < 1.29 is 12.8 Å². The van der Waals surface area contributed by atoms with Crippen molar-refractivity contribution in [1.82, 2.24) is 4.31 Å². The molecule has 0 N–H and O–H groups in total. The molecule has 0 bridgehead atoms. The lowest BCUT2D eigenvalue weighted by molar-refractivity contribution is 0.360. The fraction of sp³-hybridized carbons (Fsp3) is 0.538. The van der Waals surface area contributed by atoms with E-state index in [-0.39, 0.29) is 21.3 Å². The molecule has 1 saturated carbocycles. The number of benzene rings is 1. The summed E-state index contributed by atoms with van der Waals surface area (Å²) in [5.74, 6) is -0.192. The highest BCUT2D eigenvalue weighted by Crippen LogP contribution is 2.35. The van der Waals surface area contributed by atoms with Crippen molar-refractivity contribution in [1.29, 1.82) is 0 Å². The summed E-state index contributed by atoms with van der Waals surface area (Å²) in [4.78, 5) is 0.140. The zero-order chi connectivity index (χ0) is 14.2. The van der Waals surface area contributed by atoms with Crippen molar-refractivity contribution in [3.63, 3.8) is 0 Å². The van der Waals surface area contributed by atoms with Crippen LogP contribution in [0.15, 0.2) is 27.6 Å². The van der Waals surface area contributed by atoms with Crippen LogP contribution in [-0.4, -0.2) is 25.3 Å². The number of sulfonamides is 1. The Kier molecular flexibility index (Phi) is 4.32. The van der Waals surface area contributed by atoms with Gasteiger partial charge in [0.25, 0.3) is 0 Å². The van der Waals surface area contributed by atoms with Crippen LogP contribution in [0.1, 0.15) is 26.7 Å². The Morgan fingerprint density at radius 3 is 2.53 bits per heavy atom. The average molecular weight is 350 g/mol. The molecule has 1 aromatic carbocycles. The second-order valence-corrected chi connectivity index (χ2v) is 7.99. The van der Waals surface area contributed by atoms with E-state index in [2.05, 4.69) is 15.9 Å². The molecule has 3 nitrogen and oxygen atoms in total. The zero-order valence-electron chi connectivity index (χ0n) is 10.9. The monoisotopic (exact) mass is 349 g/mol. The lowest BCUT2D eigenvalue weighted by atomic mass is 10.2. The summed E-state index contributed by atoms with van der Waals surface area (Å²) in [6, 6.07) is 3.79. The first-order valence-electron chi connectivity index (χ1n) is 6.29. The lowest BCUT2D eigenvalue weighted by Crippen LogP contribution is -2.36. The van der Waals surface area contributed by atoms with Gasteiger partial charge in [-0.1, -0.05) is 13.8 Å². The van der Waals surface area contributed by atoms with Crippen LogP contribution < -0.4 is 0 Å². The Labute approximate surface area is 122 Å². The topological polar surface area (TPSA) is 37.4 Å². The highest BCUT2D eigenvalue weighted by atomic mass is 79.9. The molecule has 1 aliphatic rings. The molecule has 1 aromatic rings. The van der Waals surface area contributed by atoms with E-state index in [1.807, 2.05) is 13.8 Å². The number of hydrogen-bond acceptors (Lipinski definition) is 2. The van der Waals surface area contributed by atoms with E-state index < -0.39 is 15.8 Å². The van der Waals surface area contributed by atoms with Crippen LogP contribution in [0.3, 0.4) is 0 Å². The fourth-order valence-corrected chi connectivity index (χ4v) is 4.84. The SMILES string of the molecule is CC(C)CN(C1CC1)S(=O)(=O)c1ccc(F)cc1Br. The molecular formula is C13H17BrFNO2S. The van der Waals surface area contributed by atoms with Gasteiger partial charge in [0.05, 0.1) is 4.90 Å². The smallest absolute Gasteiger partial charge is 0.207 e. The molecule has 0 aliphatic heterocycles. The normalized spacial score (nSPS) is 16.3. The molecule has 0 radical (unpaired) electrons. The highest BCUT2D eigenvalue weighted by Gasteiger charge is 2.38. The van der Waals surface area contributed by atoms with Crippen molar-refractivity contribution in [2.45, 2.75) is 37.6 Å². The van der Waals surface area contributed by atoms with E-state index >= 15 is 0 Å². The summed E-state index contributed by atoms with van der Waals surface area (Å²) in [5.41, 5.74) is 0. The Bertz CT molecular complexity index is 570. The van der Waals surface area contributed by atoms with Crippen molar-refractivity contribution in [3.8, 4) is 0 Å². The maximum Gasteiger partial charge on any atom is 0.244 e. The third kappa shape index (κ3) is 3.35. The molecule has 106 valence electrons. The van der Waals surface area contributed by atoms with Gasteiger partial charge < -0.3 is 0 Å². The van der Waals surface area contributed by atoms with Crippen LogP contribution in [-0.2, 0) is 10.0 Å². The maximum atomic E-state index is 13.1. The van der Waals surface area contributed by atoms with Crippen LogP contribution in [0.2, 0.25) is 0 Å². The second kappa shape index (κ2) is 5.50. The van der Waals surface area contributed by atoms with Gasteiger partial charge in [-0.25, -0.2) is 12.8 Å². The molecule has 0 aromatic heterocycles. The second-order valence-electron chi connectivity index (χ2n) is 5.27. The van der Waals surface area contributed by atoms with Gasteiger partial charge in [-0.05, 0) is 52.9 Å². The molecule has 0 spiro atoms. The summed E-state index contributed by atoms with van der Waals surface area (Å²) >= 11 is 3.14. The van der Waals surface area contributed by atoms with Crippen molar-refractivity contribution in [3.05, 3.63) is 28.5 Å². The van der Waals surface area contributed by atoms with Gasteiger partial charge in [0.15, 0.2) is 0 Å². The molecule has 0 heterocycles. The standard InChI is InChI=1S/C13H17BrFNO2S/c1-9(2)8-16(11-4-5-11)19(17,18)13-6-3-10(15)7-12(13)14/h3,6-7,9,11H,4-5,8H2,1-2H3. The molecule has 2 rings (SSSR count). The van der Waals surface area contributed by atoms with E-state index in [0.29, 0.717) is 6.54 Å². The van der Waals surface area contributed by atoms with Gasteiger partial charge in [-0.15, -0.1) is 0 Å². The van der Waals surface area contributed by atoms with Crippen molar-refractivity contribution in [2.75, 3.05) is 6.54 Å². The maximum absolute atomic E-state index is 13.1. The van der Waals surface area contributed by atoms with Crippen LogP contribution in [0.25, 0.3) is 0 Å². The van der Waals surface area contributed by atoms with Gasteiger partial charge in [0.1, 0.15) is 5.82 Å². The van der Waals surface area contributed by atoms with Crippen LogP contribution in [0, 0.1) is 11.7 Å². The number of nitrogens with zero attached hydrogens (tertiary/aromatic N) is 1. The van der Waals surface area contributed by atoms with E-state index in [9.17, 15) is 12.8 Å². The third-order valence-corrected chi connectivity index (χ3v) is 5.87. The minimum absolute atomic E-state index is 0.101. The van der Waals surface area contributed by atoms with Gasteiger partial charge in [0, 0.05) is 17.1 Å². The summed E-state index contributed by atoms with van der Waals surface area (Å²) in [5, 5.41) is 0. The Morgan fingerprint density at radius 1 is 1.42 bits per heavy atom. The van der Waals surface area contributed by atoms with Gasteiger partial charge >= 0.3 is 0 Å². The zero-order valence-corrected chi connectivity index (χ0v) is 13.3. The van der Waals surface area contributed by atoms with E-state index in [4.69, 9.17) is 0 Å². The van der Waals surface area contributed by atoms with Crippen LogP contribution >= 0.6 is 15.9 Å². The first-order valence-corrected chi connectivity index (χ1v) is 8.52. The molecule has 0 atom stereocenters. The van der Waals surface area contributed by atoms with Gasteiger partial charge in [-0.3, -0.25) is 0 Å². The first kappa shape index (κ1) is 14.9. The van der Waals surface area contributed by atoms with Crippen LogP contribution in [0.5, 0.6) is 0 Å². The quantitative estimate of drug-likeness (QED) is 0.816. The van der Waals surface area contributed by atoms with Crippen molar-refractivity contribution in [2.24, 2.45) is 5.92 Å². The number of rotatable bonds is 5. The van der Waals surface area contributed by atoms with E-state index in [0.717, 1.165) is 12.8 Å². The van der Waals surface area contributed by atoms with E-state index in [1.165, 1.54) is 18.2 Å². The summed E-state index contributed by atoms with van der Waals surface area (Å²) in [6.07, 6.45) is 1.82. The molecule has 0 amide bonds.